The van der Waals surface area contributed by atoms with Crippen LogP contribution in [0.15, 0.2) is 60.8 Å². The van der Waals surface area contributed by atoms with Gasteiger partial charge in [0.15, 0.2) is 6.29 Å². The van der Waals surface area contributed by atoms with Crippen molar-refractivity contribution in [2.24, 2.45) is 0 Å². The normalized spacial score (nSPS) is 23.1. The molecule has 0 aromatic heterocycles. The molecule has 1 heterocycles. The summed E-state index contributed by atoms with van der Waals surface area (Å²) in [6, 6.07) is 0. The summed E-state index contributed by atoms with van der Waals surface area (Å²) >= 11 is 0. The smallest absolute Gasteiger partial charge is 0.305 e. The first-order chi connectivity index (χ1) is 30.3. The Bertz CT molecular complexity index is 1320. The Morgan fingerprint density at radius 1 is 0.683 bits per heavy atom. The molecule has 364 valence electrons. The lowest BCUT2D eigenvalue weighted by Gasteiger charge is -2.40. The lowest BCUT2D eigenvalue weighted by molar-refractivity contribution is -0.307. The predicted octanol–water partition coefficient (Wildman–Crippen LogP) is 3.79. The van der Waals surface area contributed by atoms with Crippen molar-refractivity contribution in [3.05, 3.63) is 60.8 Å². The molecule has 8 N–H and O–H groups in total. The van der Waals surface area contributed by atoms with Crippen LogP contribution in [0.25, 0.3) is 0 Å². The second-order valence-electron chi connectivity index (χ2n) is 15.8. The maximum absolute atomic E-state index is 11.6. The highest BCUT2D eigenvalue weighted by molar-refractivity contribution is 5.69. The van der Waals surface area contributed by atoms with Crippen LogP contribution < -0.4 is 0 Å². The lowest BCUT2D eigenvalue weighted by Crippen LogP contribution is -2.59. The van der Waals surface area contributed by atoms with Crippen LogP contribution in [-0.2, 0) is 38.0 Å². The van der Waals surface area contributed by atoms with Crippen molar-refractivity contribution in [2.45, 2.75) is 190 Å². The van der Waals surface area contributed by atoms with E-state index in [0.717, 1.165) is 38.5 Å². The Morgan fingerprint density at radius 3 is 2.00 bits per heavy atom. The van der Waals surface area contributed by atoms with Crippen LogP contribution in [0.1, 0.15) is 117 Å². The van der Waals surface area contributed by atoms with E-state index >= 15 is 0 Å². The van der Waals surface area contributed by atoms with Crippen molar-refractivity contribution < 1.29 is 78.9 Å². The van der Waals surface area contributed by atoms with Gasteiger partial charge in [0.05, 0.1) is 64.6 Å². The van der Waals surface area contributed by atoms with Gasteiger partial charge in [-0.25, -0.2) is 0 Å². The third-order valence-corrected chi connectivity index (χ3v) is 10.3. The molecule has 0 amide bonds. The molecule has 1 aliphatic heterocycles. The van der Waals surface area contributed by atoms with Crippen LogP contribution in [0.3, 0.4) is 0 Å². The molecule has 1 aliphatic rings. The minimum atomic E-state index is -1.67. The number of unbranched alkanes of at least 4 members (excludes halogenated alkanes) is 6. The van der Waals surface area contributed by atoms with Crippen LogP contribution in [0.5, 0.6) is 0 Å². The summed E-state index contributed by atoms with van der Waals surface area (Å²) in [5.74, 6) is -0.636. The van der Waals surface area contributed by atoms with Gasteiger partial charge >= 0.3 is 11.9 Å². The van der Waals surface area contributed by atoms with Gasteiger partial charge in [0.1, 0.15) is 36.6 Å². The van der Waals surface area contributed by atoms with E-state index in [0.29, 0.717) is 38.5 Å². The summed E-state index contributed by atoms with van der Waals surface area (Å²) in [6.45, 7) is 2.88. The number of rotatable bonds is 36. The summed E-state index contributed by atoms with van der Waals surface area (Å²) in [7, 11) is 2.66. The van der Waals surface area contributed by atoms with Crippen molar-refractivity contribution in [2.75, 3.05) is 34.0 Å². The molecule has 0 spiro atoms. The van der Waals surface area contributed by atoms with Gasteiger partial charge in [-0.15, -0.1) is 0 Å². The number of aliphatic hydroxyl groups is 8. The Kier molecular flexibility index (Phi) is 33.6. The SMILES string of the molecule is CCC/C=C\CC(OC(/C=C/C(C/C=C\CCCC(=O)OC)OC[C@H]1O[C@@H](OCC(O)CO)[C@H](O)[C@@H](O)[C@H]1O)C(O)C/C=C\CCCCC)C(O)/C=C/C(O)CCCCC(=O)OC. The average Bonchev–Trinajstić information content (AvgIpc) is 3.28. The third kappa shape index (κ3) is 26.7. The van der Waals surface area contributed by atoms with Crippen LogP contribution in [0.4, 0.5) is 0 Å². The van der Waals surface area contributed by atoms with Gasteiger partial charge in [-0.3, -0.25) is 9.59 Å². The lowest BCUT2D eigenvalue weighted by atomic mass is 9.99. The van der Waals surface area contributed by atoms with Crippen molar-refractivity contribution in [1.82, 2.24) is 0 Å². The molecule has 1 rings (SSSR count). The molecular weight excluding hydrogens is 821 g/mol. The van der Waals surface area contributed by atoms with Crippen molar-refractivity contribution >= 4 is 11.9 Å². The second kappa shape index (κ2) is 36.4. The predicted molar refractivity (Wildman–Crippen MR) is 237 cm³/mol. The Balaban J connectivity index is 3.44. The molecule has 0 aromatic carbocycles. The molecule has 12 atom stereocenters. The first-order valence-corrected chi connectivity index (χ1v) is 22.7. The minimum absolute atomic E-state index is 0.246. The van der Waals surface area contributed by atoms with Crippen molar-refractivity contribution in [3.8, 4) is 0 Å². The monoisotopic (exact) mass is 901 g/mol. The maximum Gasteiger partial charge on any atom is 0.305 e. The van der Waals surface area contributed by atoms with Crippen LogP contribution in [-0.4, -0.2) is 160 Å². The van der Waals surface area contributed by atoms with E-state index in [-0.39, 0.29) is 44.2 Å². The van der Waals surface area contributed by atoms with Crippen molar-refractivity contribution in [1.29, 1.82) is 0 Å². The zero-order valence-electron chi connectivity index (χ0n) is 38.0. The van der Waals surface area contributed by atoms with Gasteiger partial charge in [-0.1, -0.05) is 93.9 Å². The first kappa shape index (κ1) is 58.2. The van der Waals surface area contributed by atoms with Crippen molar-refractivity contribution in [3.63, 3.8) is 0 Å². The fourth-order valence-electron chi connectivity index (χ4n) is 6.36. The number of methoxy groups -OCH3 is 2. The van der Waals surface area contributed by atoms with E-state index in [4.69, 9.17) is 28.8 Å². The van der Waals surface area contributed by atoms with Crippen LogP contribution >= 0.6 is 0 Å². The third-order valence-electron chi connectivity index (χ3n) is 10.3. The van der Waals surface area contributed by atoms with Gasteiger partial charge in [0, 0.05) is 12.8 Å². The van der Waals surface area contributed by atoms with Gasteiger partial charge in [0.2, 0.25) is 0 Å². The summed E-state index contributed by atoms with van der Waals surface area (Å²) in [4.78, 5) is 23.0. The summed E-state index contributed by atoms with van der Waals surface area (Å²) < 4.78 is 33.2. The van der Waals surface area contributed by atoms with Gasteiger partial charge in [0.25, 0.3) is 0 Å². The number of esters is 2. The van der Waals surface area contributed by atoms with Crippen LogP contribution in [0.2, 0.25) is 0 Å². The molecule has 16 heteroatoms. The van der Waals surface area contributed by atoms with Crippen LogP contribution in [0, 0.1) is 0 Å². The maximum atomic E-state index is 11.6. The standard InChI is InChI=1S/C47H80O16/c1-5-7-9-11-12-16-23-37(51)40(62-39(24-17-10-8-6-2)38(52)29-27-34(49)21-19-20-26-43(54)59-4)30-28-36(22-15-13-14-18-25-42(53)58-3)60-33-41-44(55)45(56)46(57)47(63-41)61-32-35(50)31-48/h10,12-13,15-17,27-30,34-41,44-52,55-57H,5-9,11,14,18-26,31-33H2,1-4H3/b15-13-,16-12-,17-10-,29-27+,30-28+/t34?,35?,36?,37?,38?,39?,40?,41-,44+,45+,46-,47-/m1/s1. The number of hydrogen-bond donors (Lipinski definition) is 8. The number of aliphatic hydroxyl groups excluding tert-OH is 8. The van der Waals surface area contributed by atoms with Gasteiger partial charge in [-0.05, 0) is 70.6 Å². The molecule has 0 saturated carbocycles. The highest BCUT2D eigenvalue weighted by Crippen LogP contribution is 2.24. The van der Waals surface area contributed by atoms with E-state index in [1.54, 1.807) is 12.2 Å². The molecule has 0 radical (unpaired) electrons. The minimum Gasteiger partial charge on any atom is -0.469 e. The largest absolute Gasteiger partial charge is 0.469 e. The molecule has 1 fully saturated rings. The number of ether oxygens (including phenoxy) is 6. The summed E-state index contributed by atoms with van der Waals surface area (Å²) in [6.07, 6.45) is 13.2. The molecule has 7 unspecified atom stereocenters. The molecular formula is C47H80O16. The summed E-state index contributed by atoms with van der Waals surface area (Å²) in [5, 5.41) is 84.4. The zero-order valence-corrected chi connectivity index (χ0v) is 38.0. The van der Waals surface area contributed by atoms with E-state index < -0.39 is 86.6 Å². The highest BCUT2D eigenvalue weighted by atomic mass is 16.7. The van der Waals surface area contributed by atoms with E-state index in [9.17, 15) is 45.3 Å². The molecule has 1 saturated heterocycles. The number of hydrogen-bond acceptors (Lipinski definition) is 16. The Morgan fingerprint density at radius 2 is 1.33 bits per heavy atom. The molecule has 63 heavy (non-hydrogen) atoms. The second-order valence-corrected chi connectivity index (χ2v) is 15.8. The van der Waals surface area contributed by atoms with E-state index in [1.165, 1.54) is 26.4 Å². The zero-order chi connectivity index (χ0) is 46.8. The fraction of sp³-hybridized carbons (Fsp3) is 0.745. The molecule has 0 bridgehead atoms. The number of carbonyl (C=O) groups excluding carboxylic acids is 2. The van der Waals surface area contributed by atoms with E-state index in [2.05, 4.69) is 18.6 Å². The highest BCUT2D eigenvalue weighted by Gasteiger charge is 2.44. The average molecular weight is 901 g/mol. The quantitative estimate of drug-likeness (QED) is 0.0253. The molecule has 0 aromatic rings. The van der Waals surface area contributed by atoms with Gasteiger partial charge < -0.3 is 69.3 Å². The van der Waals surface area contributed by atoms with E-state index in [1.807, 2.05) is 36.5 Å². The number of carbonyl (C=O) groups is 2. The molecule has 16 nitrogen and oxygen atoms in total. The van der Waals surface area contributed by atoms with Gasteiger partial charge in [-0.2, -0.15) is 0 Å². The molecule has 0 aliphatic carbocycles. The topological polar surface area (TPSA) is 251 Å². The summed E-state index contributed by atoms with van der Waals surface area (Å²) in [5.41, 5.74) is 0. The fourth-order valence-corrected chi connectivity index (χ4v) is 6.36. The first-order valence-electron chi connectivity index (χ1n) is 22.7. The Hall–Kier alpha value is -2.84. The Labute approximate surface area is 374 Å². The number of allylic oxidation sites excluding steroid dienone is 3.